The molecular formula is C14H18O4. The molecule has 98 valence electrons. The van der Waals surface area contributed by atoms with Crippen molar-refractivity contribution in [1.82, 2.24) is 0 Å². The third-order valence-corrected chi connectivity index (χ3v) is 4.11. The number of ether oxygens (including phenoxy) is 2. The minimum absolute atomic E-state index is 0.134. The van der Waals surface area contributed by atoms with Crippen LogP contribution in [0.5, 0.6) is 0 Å². The molecule has 0 aromatic heterocycles. The number of epoxide rings is 1. The van der Waals surface area contributed by atoms with Gasteiger partial charge < -0.3 is 14.6 Å². The molecule has 2 aliphatic heterocycles. The normalized spacial score (nSPS) is 43.7. The molecule has 4 nitrogen and oxygen atoms in total. The Labute approximate surface area is 106 Å². The molecule has 0 saturated carbocycles. The number of fused-ring (bicyclic) bond motifs is 2. The Morgan fingerprint density at radius 2 is 2.22 bits per heavy atom. The van der Waals surface area contributed by atoms with Crippen molar-refractivity contribution in [3.63, 3.8) is 0 Å². The highest BCUT2D eigenvalue weighted by molar-refractivity contribution is 5.91. The maximum atomic E-state index is 11.6. The molecule has 2 saturated heterocycles. The van der Waals surface area contributed by atoms with E-state index in [0.717, 1.165) is 12.8 Å². The van der Waals surface area contributed by atoms with Crippen LogP contribution in [-0.2, 0) is 14.3 Å². The average Bonchev–Trinajstić information content (AvgIpc) is 2.97. The Morgan fingerprint density at radius 1 is 1.44 bits per heavy atom. The Bertz CT molecular complexity index is 426. The van der Waals surface area contributed by atoms with Gasteiger partial charge in [0.1, 0.15) is 6.10 Å². The molecule has 4 heteroatoms. The van der Waals surface area contributed by atoms with Crippen LogP contribution in [0.1, 0.15) is 26.2 Å². The van der Waals surface area contributed by atoms with Gasteiger partial charge in [0.25, 0.3) is 0 Å². The first-order chi connectivity index (χ1) is 8.56. The van der Waals surface area contributed by atoms with Gasteiger partial charge >= 0.3 is 5.97 Å². The molecule has 0 amide bonds. The minimum atomic E-state index is -0.619. The number of aliphatic hydroxyl groups is 1. The summed E-state index contributed by atoms with van der Waals surface area (Å²) in [6.07, 6.45) is 3.86. The zero-order valence-electron chi connectivity index (χ0n) is 10.5. The van der Waals surface area contributed by atoms with Crippen LogP contribution in [0, 0.1) is 5.92 Å². The van der Waals surface area contributed by atoms with Crippen LogP contribution >= 0.6 is 0 Å². The van der Waals surface area contributed by atoms with Crippen LogP contribution in [0.25, 0.3) is 0 Å². The van der Waals surface area contributed by atoms with Crippen molar-refractivity contribution in [2.45, 2.75) is 50.6 Å². The van der Waals surface area contributed by atoms with Gasteiger partial charge in [0.2, 0.25) is 0 Å². The number of rotatable bonds is 0. The fourth-order valence-electron chi connectivity index (χ4n) is 2.95. The number of esters is 1. The van der Waals surface area contributed by atoms with Gasteiger partial charge in [-0.15, -0.1) is 0 Å². The monoisotopic (exact) mass is 250 g/mol. The second kappa shape index (κ2) is 4.21. The number of carbonyl (C=O) groups is 1. The maximum Gasteiger partial charge on any atom is 0.334 e. The topological polar surface area (TPSA) is 59.1 Å². The van der Waals surface area contributed by atoms with E-state index in [2.05, 4.69) is 6.58 Å². The quantitative estimate of drug-likeness (QED) is 0.305. The molecule has 1 N–H and O–H groups in total. The van der Waals surface area contributed by atoms with Crippen LogP contribution in [0.3, 0.4) is 0 Å². The second-order valence-corrected chi connectivity index (χ2v) is 5.49. The summed E-state index contributed by atoms with van der Waals surface area (Å²) in [6.45, 7) is 5.78. The summed E-state index contributed by atoms with van der Waals surface area (Å²) in [6, 6.07) is 0. The first-order valence-corrected chi connectivity index (χ1v) is 6.47. The molecule has 5 atom stereocenters. The third-order valence-electron chi connectivity index (χ3n) is 4.11. The van der Waals surface area contributed by atoms with Crippen LogP contribution in [0.15, 0.2) is 23.8 Å². The van der Waals surface area contributed by atoms with E-state index in [1.54, 1.807) is 0 Å². The van der Waals surface area contributed by atoms with Gasteiger partial charge in [0.05, 0.1) is 24.2 Å². The highest BCUT2D eigenvalue weighted by Gasteiger charge is 2.47. The summed E-state index contributed by atoms with van der Waals surface area (Å²) >= 11 is 0. The van der Waals surface area contributed by atoms with Gasteiger partial charge in [-0.25, -0.2) is 4.79 Å². The predicted octanol–water partition coefficient (Wildman–Crippen LogP) is 1.34. The molecule has 2 heterocycles. The lowest BCUT2D eigenvalue weighted by Crippen LogP contribution is -2.30. The summed E-state index contributed by atoms with van der Waals surface area (Å²) < 4.78 is 10.8. The first-order valence-electron chi connectivity index (χ1n) is 6.47. The molecule has 0 spiro atoms. The fourth-order valence-corrected chi connectivity index (χ4v) is 2.95. The van der Waals surface area contributed by atoms with E-state index in [0.29, 0.717) is 12.0 Å². The van der Waals surface area contributed by atoms with Crippen molar-refractivity contribution in [3.8, 4) is 0 Å². The van der Waals surface area contributed by atoms with Crippen molar-refractivity contribution >= 4 is 5.97 Å². The van der Waals surface area contributed by atoms with Gasteiger partial charge in [-0.1, -0.05) is 12.2 Å². The predicted molar refractivity (Wildman–Crippen MR) is 64.8 cm³/mol. The lowest BCUT2D eigenvalue weighted by molar-refractivity contribution is -0.137. The highest BCUT2D eigenvalue weighted by Crippen LogP contribution is 2.39. The van der Waals surface area contributed by atoms with Crippen molar-refractivity contribution in [2.75, 3.05) is 0 Å². The molecular weight excluding hydrogens is 232 g/mol. The number of aliphatic hydroxyl groups excluding tert-OH is 1. The largest absolute Gasteiger partial charge is 0.454 e. The molecule has 0 aromatic rings. The fraction of sp³-hybridized carbons (Fsp3) is 0.643. The van der Waals surface area contributed by atoms with Gasteiger partial charge in [0, 0.05) is 12.0 Å². The van der Waals surface area contributed by atoms with Crippen LogP contribution in [-0.4, -0.2) is 35.5 Å². The van der Waals surface area contributed by atoms with E-state index < -0.39 is 6.10 Å². The standard InChI is InChI=1S/C14H18O4/c1-7-3-4-10-11(17-10)6-9(15)13-8(2)14(16)18-12(13)5-7/h5,9-13,15H,2-4,6H2,1H3. The van der Waals surface area contributed by atoms with E-state index >= 15 is 0 Å². The van der Waals surface area contributed by atoms with Crippen LogP contribution in [0.4, 0.5) is 0 Å². The summed E-state index contributed by atoms with van der Waals surface area (Å²) in [7, 11) is 0. The van der Waals surface area contributed by atoms with Crippen molar-refractivity contribution in [3.05, 3.63) is 23.8 Å². The third kappa shape index (κ3) is 1.99. The highest BCUT2D eigenvalue weighted by atomic mass is 16.6. The number of carbonyl (C=O) groups excluding carboxylic acids is 1. The zero-order chi connectivity index (χ0) is 12.9. The number of allylic oxidation sites excluding steroid dienone is 1. The lowest BCUT2D eigenvalue weighted by Gasteiger charge is -2.21. The van der Waals surface area contributed by atoms with Crippen LogP contribution in [0.2, 0.25) is 0 Å². The van der Waals surface area contributed by atoms with Crippen molar-refractivity contribution in [1.29, 1.82) is 0 Å². The molecule has 5 unspecified atom stereocenters. The average molecular weight is 250 g/mol. The Hall–Kier alpha value is -1.13. The maximum absolute atomic E-state index is 11.6. The second-order valence-electron chi connectivity index (χ2n) is 5.49. The van der Waals surface area contributed by atoms with Gasteiger partial charge in [-0.3, -0.25) is 0 Å². The molecule has 3 aliphatic rings. The van der Waals surface area contributed by atoms with E-state index in [4.69, 9.17) is 9.47 Å². The minimum Gasteiger partial charge on any atom is -0.454 e. The molecule has 0 bridgehead atoms. The summed E-state index contributed by atoms with van der Waals surface area (Å²) in [5, 5.41) is 10.3. The van der Waals surface area contributed by atoms with Crippen LogP contribution < -0.4 is 0 Å². The summed E-state index contributed by atoms with van der Waals surface area (Å²) in [5.41, 5.74) is 1.56. The zero-order valence-corrected chi connectivity index (χ0v) is 10.5. The Kier molecular flexibility index (Phi) is 2.79. The summed E-state index contributed by atoms with van der Waals surface area (Å²) in [5.74, 6) is -0.712. The molecule has 3 rings (SSSR count). The van der Waals surface area contributed by atoms with E-state index in [-0.39, 0.29) is 30.2 Å². The van der Waals surface area contributed by atoms with E-state index in [1.165, 1.54) is 5.57 Å². The first kappa shape index (κ1) is 11.9. The molecule has 2 fully saturated rings. The Balaban J connectivity index is 1.89. The smallest absolute Gasteiger partial charge is 0.334 e. The van der Waals surface area contributed by atoms with Gasteiger partial charge in [-0.2, -0.15) is 0 Å². The number of hydrogen-bond donors (Lipinski definition) is 1. The van der Waals surface area contributed by atoms with Crippen molar-refractivity contribution in [2.24, 2.45) is 5.92 Å². The SMILES string of the molecule is C=C1C(=O)OC2C=C(C)CCC3OC3CC(O)C12. The van der Waals surface area contributed by atoms with Gasteiger partial charge in [-0.05, 0) is 25.8 Å². The molecule has 0 radical (unpaired) electrons. The van der Waals surface area contributed by atoms with E-state index in [9.17, 15) is 9.90 Å². The Morgan fingerprint density at radius 3 is 3.00 bits per heavy atom. The molecule has 18 heavy (non-hydrogen) atoms. The van der Waals surface area contributed by atoms with Crippen molar-refractivity contribution < 1.29 is 19.4 Å². The van der Waals surface area contributed by atoms with E-state index in [1.807, 2.05) is 13.0 Å². The van der Waals surface area contributed by atoms with Gasteiger partial charge in [0.15, 0.2) is 0 Å². The molecule has 1 aliphatic carbocycles. The summed E-state index contributed by atoms with van der Waals surface area (Å²) in [4.78, 5) is 11.6. The number of hydrogen-bond acceptors (Lipinski definition) is 4. The lowest BCUT2D eigenvalue weighted by atomic mass is 9.86. The molecule has 0 aromatic carbocycles.